The molecule has 6 heteroatoms. The van der Waals surface area contributed by atoms with Crippen molar-refractivity contribution in [1.29, 1.82) is 0 Å². The Morgan fingerprint density at radius 1 is 1.30 bits per heavy atom. The number of hydrogen-bond donors (Lipinski definition) is 1. The first kappa shape index (κ1) is 16.8. The second kappa shape index (κ2) is 8.84. The molecule has 110 valence electrons. The maximum atomic E-state index is 10.6. The van der Waals surface area contributed by atoms with Gasteiger partial charge in [-0.1, -0.05) is 30.1 Å². The van der Waals surface area contributed by atoms with Crippen molar-refractivity contribution in [2.75, 3.05) is 19.8 Å². The number of halogens is 2. The van der Waals surface area contributed by atoms with Crippen molar-refractivity contribution in [3.8, 4) is 5.75 Å². The van der Waals surface area contributed by atoms with Crippen molar-refractivity contribution in [2.24, 2.45) is 0 Å². The van der Waals surface area contributed by atoms with E-state index in [2.05, 4.69) is 0 Å². The number of ether oxygens (including phenoxy) is 2. The van der Waals surface area contributed by atoms with Crippen molar-refractivity contribution >= 4 is 35.2 Å². The fourth-order valence-corrected chi connectivity index (χ4v) is 2.03. The molecule has 1 N–H and O–H groups in total. The highest BCUT2D eigenvalue weighted by atomic mass is 35.5. The van der Waals surface area contributed by atoms with Gasteiger partial charge >= 0.3 is 5.97 Å². The number of hydrogen-bond acceptors (Lipinski definition) is 3. The number of carbonyl (C=O) groups is 1. The molecule has 4 nitrogen and oxygen atoms in total. The molecule has 0 heterocycles. The van der Waals surface area contributed by atoms with Gasteiger partial charge in [0.15, 0.2) is 0 Å². The van der Waals surface area contributed by atoms with E-state index in [1.807, 2.05) is 6.92 Å². The summed E-state index contributed by atoms with van der Waals surface area (Å²) >= 11 is 12.0. The van der Waals surface area contributed by atoms with E-state index in [0.29, 0.717) is 41.2 Å². The van der Waals surface area contributed by atoms with Crippen LogP contribution < -0.4 is 4.74 Å². The summed E-state index contributed by atoms with van der Waals surface area (Å²) in [5.41, 5.74) is 0.514. The molecular weight excluding hydrogens is 303 g/mol. The van der Waals surface area contributed by atoms with E-state index in [1.165, 1.54) is 6.08 Å². The van der Waals surface area contributed by atoms with Crippen LogP contribution in [0.25, 0.3) is 6.08 Å². The molecular formula is C14H16Cl2O4. The number of benzene rings is 1. The molecule has 0 aromatic heterocycles. The number of aliphatic carboxylic acids is 1. The molecule has 0 atom stereocenters. The Kier molecular flexibility index (Phi) is 7.44. The van der Waals surface area contributed by atoms with Crippen LogP contribution in [0.5, 0.6) is 5.75 Å². The van der Waals surface area contributed by atoms with E-state index in [-0.39, 0.29) is 0 Å². The first-order valence-electron chi connectivity index (χ1n) is 6.15. The Labute approximate surface area is 127 Å². The SMILES string of the molecule is CCCOCCOc1c(Cl)cc(Cl)cc1/C=C/C(=O)O. The van der Waals surface area contributed by atoms with Crippen LogP contribution in [0, 0.1) is 0 Å². The van der Waals surface area contributed by atoms with Gasteiger partial charge in [0, 0.05) is 23.3 Å². The lowest BCUT2D eigenvalue weighted by atomic mass is 10.2. The third-order valence-corrected chi connectivity index (χ3v) is 2.76. The van der Waals surface area contributed by atoms with E-state index in [9.17, 15) is 4.79 Å². The maximum absolute atomic E-state index is 10.6. The Morgan fingerprint density at radius 3 is 2.70 bits per heavy atom. The fourth-order valence-electron chi connectivity index (χ4n) is 1.47. The summed E-state index contributed by atoms with van der Waals surface area (Å²) in [6.45, 7) is 3.46. The average Bonchev–Trinajstić information content (AvgIpc) is 2.38. The van der Waals surface area contributed by atoms with Crippen molar-refractivity contribution in [2.45, 2.75) is 13.3 Å². The van der Waals surface area contributed by atoms with Gasteiger partial charge in [0.25, 0.3) is 0 Å². The highest BCUT2D eigenvalue weighted by Crippen LogP contribution is 2.33. The zero-order chi connectivity index (χ0) is 15.0. The van der Waals surface area contributed by atoms with Gasteiger partial charge in [0.05, 0.1) is 11.6 Å². The first-order valence-corrected chi connectivity index (χ1v) is 6.90. The van der Waals surface area contributed by atoms with Gasteiger partial charge in [0.1, 0.15) is 12.4 Å². The smallest absolute Gasteiger partial charge is 0.328 e. The van der Waals surface area contributed by atoms with Gasteiger partial charge in [0.2, 0.25) is 0 Å². The standard InChI is InChI=1S/C14H16Cl2O4/c1-2-5-19-6-7-20-14-10(3-4-13(17)18)8-11(15)9-12(14)16/h3-4,8-9H,2,5-7H2,1H3,(H,17,18)/b4-3+. The van der Waals surface area contributed by atoms with Crippen LogP contribution in [-0.2, 0) is 9.53 Å². The Morgan fingerprint density at radius 2 is 2.05 bits per heavy atom. The van der Waals surface area contributed by atoms with Gasteiger partial charge in [-0.05, 0) is 24.6 Å². The van der Waals surface area contributed by atoms with E-state index in [4.69, 9.17) is 37.8 Å². The largest absolute Gasteiger partial charge is 0.489 e. The Hall–Kier alpha value is -1.23. The number of rotatable bonds is 8. The topological polar surface area (TPSA) is 55.8 Å². The van der Waals surface area contributed by atoms with Crippen LogP contribution >= 0.6 is 23.2 Å². The minimum absolute atomic E-state index is 0.329. The molecule has 0 saturated heterocycles. The van der Waals surface area contributed by atoms with Gasteiger partial charge < -0.3 is 14.6 Å². The summed E-state index contributed by atoms with van der Waals surface area (Å²) < 4.78 is 10.8. The summed E-state index contributed by atoms with van der Waals surface area (Å²) in [4.78, 5) is 10.6. The van der Waals surface area contributed by atoms with E-state index >= 15 is 0 Å². The second-order valence-corrected chi connectivity index (χ2v) is 4.78. The van der Waals surface area contributed by atoms with Crippen molar-refractivity contribution in [1.82, 2.24) is 0 Å². The molecule has 1 aromatic rings. The summed E-state index contributed by atoms with van der Waals surface area (Å²) in [6, 6.07) is 3.14. The summed E-state index contributed by atoms with van der Waals surface area (Å²) in [6.07, 6.45) is 3.33. The molecule has 0 radical (unpaired) electrons. The van der Waals surface area contributed by atoms with Crippen LogP contribution in [-0.4, -0.2) is 30.9 Å². The van der Waals surface area contributed by atoms with Crippen molar-refractivity contribution in [3.05, 3.63) is 33.8 Å². The molecule has 0 bridgehead atoms. The third kappa shape index (κ3) is 5.82. The molecule has 1 aromatic carbocycles. The van der Waals surface area contributed by atoms with Crippen molar-refractivity contribution in [3.63, 3.8) is 0 Å². The number of carboxylic acids is 1. The Balaban J connectivity index is 2.79. The van der Waals surface area contributed by atoms with E-state index in [1.54, 1.807) is 12.1 Å². The quantitative estimate of drug-likeness (QED) is 0.583. The predicted molar refractivity (Wildman–Crippen MR) is 79.7 cm³/mol. The van der Waals surface area contributed by atoms with Gasteiger partial charge in [-0.15, -0.1) is 0 Å². The second-order valence-electron chi connectivity index (χ2n) is 3.94. The highest BCUT2D eigenvalue weighted by Gasteiger charge is 2.09. The molecule has 0 aliphatic rings. The van der Waals surface area contributed by atoms with Gasteiger partial charge in [-0.3, -0.25) is 0 Å². The van der Waals surface area contributed by atoms with Gasteiger partial charge in [-0.25, -0.2) is 4.79 Å². The molecule has 20 heavy (non-hydrogen) atoms. The minimum atomic E-state index is -1.06. The summed E-state index contributed by atoms with van der Waals surface area (Å²) in [5.74, 6) is -0.660. The third-order valence-electron chi connectivity index (χ3n) is 2.27. The lowest BCUT2D eigenvalue weighted by Gasteiger charge is -2.12. The molecule has 0 fully saturated rings. The summed E-state index contributed by atoms with van der Waals surface area (Å²) in [5, 5.41) is 9.41. The zero-order valence-electron chi connectivity index (χ0n) is 11.1. The fraction of sp³-hybridized carbons (Fsp3) is 0.357. The summed E-state index contributed by atoms with van der Waals surface area (Å²) in [7, 11) is 0. The molecule has 0 aliphatic heterocycles. The van der Waals surface area contributed by atoms with Crippen LogP contribution in [0.15, 0.2) is 18.2 Å². The van der Waals surface area contributed by atoms with Crippen LogP contribution in [0.1, 0.15) is 18.9 Å². The van der Waals surface area contributed by atoms with Gasteiger partial charge in [-0.2, -0.15) is 0 Å². The lowest BCUT2D eigenvalue weighted by molar-refractivity contribution is -0.131. The molecule has 0 saturated carbocycles. The maximum Gasteiger partial charge on any atom is 0.328 e. The van der Waals surface area contributed by atoms with E-state index < -0.39 is 5.97 Å². The molecule has 0 unspecified atom stereocenters. The number of carboxylic acid groups (broad SMARTS) is 1. The normalized spacial score (nSPS) is 10.9. The van der Waals surface area contributed by atoms with Crippen LogP contribution in [0.3, 0.4) is 0 Å². The van der Waals surface area contributed by atoms with E-state index in [0.717, 1.165) is 12.5 Å². The van der Waals surface area contributed by atoms with Crippen LogP contribution in [0.4, 0.5) is 0 Å². The zero-order valence-corrected chi connectivity index (χ0v) is 12.6. The monoisotopic (exact) mass is 318 g/mol. The lowest BCUT2D eigenvalue weighted by Crippen LogP contribution is -2.08. The first-order chi connectivity index (χ1) is 9.54. The Bertz CT molecular complexity index is 486. The highest BCUT2D eigenvalue weighted by molar-refractivity contribution is 6.35. The molecule has 0 amide bonds. The molecule has 1 rings (SSSR count). The molecule has 0 aliphatic carbocycles. The minimum Gasteiger partial charge on any atom is -0.489 e. The average molecular weight is 319 g/mol. The van der Waals surface area contributed by atoms with Crippen LogP contribution in [0.2, 0.25) is 10.0 Å². The molecule has 0 spiro atoms. The predicted octanol–water partition coefficient (Wildman–Crippen LogP) is 3.90. The van der Waals surface area contributed by atoms with Crippen molar-refractivity contribution < 1.29 is 19.4 Å².